The number of halogens is 4. The number of hydrogen-bond donors (Lipinski definition) is 1. The number of alkyl halides is 3. The number of benzene rings is 2. The first-order valence-electron chi connectivity index (χ1n) is 6.45. The maximum atomic E-state index is 12.7. The molecule has 0 radical (unpaired) electrons. The van der Waals surface area contributed by atoms with Gasteiger partial charge < -0.3 is 5.73 Å². The molecular weight excluding hydrogens is 299 g/mol. The van der Waals surface area contributed by atoms with Crippen molar-refractivity contribution < 1.29 is 13.2 Å². The smallest absolute Gasteiger partial charge is 0.324 e. The SMILES string of the molecule is Cc1cc(C(N)Cc2cccc(C(F)(F)F)c2)ccc1Cl. The summed E-state index contributed by atoms with van der Waals surface area (Å²) >= 11 is 5.95. The lowest BCUT2D eigenvalue weighted by Gasteiger charge is -2.15. The first kappa shape index (κ1) is 15.9. The van der Waals surface area contributed by atoms with Crippen LogP contribution in [0.4, 0.5) is 13.2 Å². The predicted molar refractivity (Wildman–Crippen MR) is 78.3 cm³/mol. The standard InChI is InChI=1S/C16H15ClF3N/c1-10-7-12(5-6-14(10)17)15(21)9-11-3-2-4-13(8-11)16(18,19)20/h2-8,15H,9,21H2,1H3. The maximum absolute atomic E-state index is 12.7. The van der Waals surface area contributed by atoms with Crippen molar-refractivity contribution in [2.24, 2.45) is 5.73 Å². The van der Waals surface area contributed by atoms with Gasteiger partial charge in [-0.05, 0) is 42.2 Å². The minimum Gasteiger partial charge on any atom is -0.324 e. The summed E-state index contributed by atoms with van der Waals surface area (Å²) in [6.45, 7) is 1.86. The third-order valence-corrected chi connectivity index (χ3v) is 3.74. The zero-order chi connectivity index (χ0) is 15.6. The molecular formula is C16H15ClF3N. The average molecular weight is 314 g/mol. The second kappa shape index (κ2) is 6.08. The zero-order valence-corrected chi connectivity index (χ0v) is 12.2. The predicted octanol–water partition coefficient (Wildman–Crippen LogP) is 4.91. The molecule has 0 aliphatic rings. The lowest BCUT2D eigenvalue weighted by Crippen LogP contribution is -2.14. The molecule has 2 rings (SSSR count). The molecule has 1 atom stereocenters. The molecule has 2 aromatic carbocycles. The Labute approximate surface area is 126 Å². The summed E-state index contributed by atoms with van der Waals surface area (Å²) in [6.07, 6.45) is -4.00. The largest absolute Gasteiger partial charge is 0.416 e. The molecule has 112 valence electrons. The van der Waals surface area contributed by atoms with E-state index in [1.54, 1.807) is 18.2 Å². The molecule has 0 saturated carbocycles. The minimum atomic E-state index is -4.34. The van der Waals surface area contributed by atoms with Gasteiger partial charge in [0.05, 0.1) is 5.56 Å². The molecule has 1 unspecified atom stereocenters. The van der Waals surface area contributed by atoms with Crippen molar-refractivity contribution in [2.75, 3.05) is 0 Å². The van der Waals surface area contributed by atoms with E-state index in [2.05, 4.69) is 0 Å². The Morgan fingerprint density at radius 1 is 1.14 bits per heavy atom. The average Bonchev–Trinajstić information content (AvgIpc) is 2.41. The van der Waals surface area contributed by atoms with E-state index in [4.69, 9.17) is 17.3 Å². The van der Waals surface area contributed by atoms with E-state index in [-0.39, 0.29) is 6.04 Å². The van der Waals surface area contributed by atoms with Gasteiger partial charge >= 0.3 is 6.18 Å². The zero-order valence-electron chi connectivity index (χ0n) is 11.4. The summed E-state index contributed by atoms with van der Waals surface area (Å²) in [4.78, 5) is 0. The van der Waals surface area contributed by atoms with Gasteiger partial charge in [0.25, 0.3) is 0 Å². The molecule has 0 heterocycles. The molecule has 0 aliphatic carbocycles. The van der Waals surface area contributed by atoms with Crippen molar-refractivity contribution in [1.29, 1.82) is 0 Å². The van der Waals surface area contributed by atoms with E-state index >= 15 is 0 Å². The van der Waals surface area contributed by atoms with Gasteiger partial charge in [-0.15, -0.1) is 0 Å². The highest BCUT2D eigenvalue weighted by Gasteiger charge is 2.30. The summed E-state index contributed by atoms with van der Waals surface area (Å²) in [5.74, 6) is 0. The highest BCUT2D eigenvalue weighted by atomic mass is 35.5. The lowest BCUT2D eigenvalue weighted by atomic mass is 9.97. The van der Waals surface area contributed by atoms with Crippen molar-refractivity contribution in [3.8, 4) is 0 Å². The molecule has 0 bridgehead atoms. The molecule has 2 aromatic rings. The van der Waals surface area contributed by atoms with Crippen molar-refractivity contribution in [2.45, 2.75) is 25.6 Å². The second-order valence-electron chi connectivity index (χ2n) is 5.02. The first-order valence-corrected chi connectivity index (χ1v) is 6.83. The molecule has 0 fully saturated rings. The molecule has 0 amide bonds. The first-order chi connectivity index (χ1) is 9.77. The Morgan fingerprint density at radius 2 is 1.86 bits per heavy atom. The van der Waals surface area contributed by atoms with Crippen LogP contribution in [-0.4, -0.2) is 0 Å². The fourth-order valence-electron chi connectivity index (χ4n) is 2.14. The highest BCUT2D eigenvalue weighted by molar-refractivity contribution is 6.31. The topological polar surface area (TPSA) is 26.0 Å². The van der Waals surface area contributed by atoms with E-state index in [1.165, 1.54) is 6.07 Å². The van der Waals surface area contributed by atoms with Crippen LogP contribution >= 0.6 is 11.6 Å². The lowest BCUT2D eigenvalue weighted by molar-refractivity contribution is -0.137. The van der Waals surface area contributed by atoms with E-state index in [0.29, 0.717) is 17.0 Å². The fourth-order valence-corrected chi connectivity index (χ4v) is 2.26. The van der Waals surface area contributed by atoms with Crippen LogP contribution in [0.5, 0.6) is 0 Å². The molecule has 5 heteroatoms. The quantitative estimate of drug-likeness (QED) is 0.856. The Balaban J connectivity index is 2.19. The van der Waals surface area contributed by atoms with E-state index in [9.17, 15) is 13.2 Å². The van der Waals surface area contributed by atoms with Crippen LogP contribution in [0.2, 0.25) is 5.02 Å². The molecule has 2 N–H and O–H groups in total. The molecule has 0 aromatic heterocycles. The van der Waals surface area contributed by atoms with Gasteiger partial charge in [-0.1, -0.05) is 41.9 Å². The van der Waals surface area contributed by atoms with Crippen LogP contribution in [-0.2, 0) is 12.6 Å². The van der Waals surface area contributed by atoms with Crippen LogP contribution < -0.4 is 5.73 Å². The molecule has 0 saturated heterocycles. The van der Waals surface area contributed by atoms with Gasteiger partial charge in [-0.3, -0.25) is 0 Å². The maximum Gasteiger partial charge on any atom is 0.416 e. The fraction of sp³-hybridized carbons (Fsp3) is 0.250. The van der Waals surface area contributed by atoms with E-state index < -0.39 is 11.7 Å². The highest BCUT2D eigenvalue weighted by Crippen LogP contribution is 2.30. The van der Waals surface area contributed by atoms with Gasteiger partial charge in [-0.2, -0.15) is 13.2 Å². The Bertz CT molecular complexity index is 638. The van der Waals surface area contributed by atoms with E-state index in [0.717, 1.165) is 23.3 Å². The summed E-state index contributed by atoms with van der Waals surface area (Å²) in [7, 11) is 0. The van der Waals surface area contributed by atoms with Gasteiger partial charge in [0.2, 0.25) is 0 Å². The van der Waals surface area contributed by atoms with Crippen molar-refractivity contribution in [3.63, 3.8) is 0 Å². The third-order valence-electron chi connectivity index (χ3n) is 3.32. The monoisotopic (exact) mass is 313 g/mol. The molecule has 1 nitrogen and oxygen atoms in total. The Hall–Kier alpha value is -1.52. The number of hydrogen-bond acceptors (Lipinski definition) is 1. The minimum absolute atomic E-state index is 0.338. The summed E-state index contributed by atoms with van der Waals surface area (Å²) in [5, 5.41) is 0.644. The molecule has 0 aliphatic heterocycles. The Kier molecular flexibility index (Phi) is 4.59. The van der Waals surface area contributed by atoms with Gasteiger partial charge in [-0.25, -0.2) is 0 Å². The van der Waals surface area contributed by atoms with Crippen LogP contribution in [0.1, 0.15) is 28.3 Å². The van der Waals surface area contributed by atoms with Gasteiger partial charge in [0, 0.05) is 11.1 Å². The number of aryl methyl sites for hydroxylation is 1. The van der Waals surface area contributed by atoms with Crippen molar-refractivity contribution in [3.05, 3.63) is 69.7 Å². The van der Waals surface area contributed by atoms with Crippen molar-refractivity contribution >= 4 is 11.6 Å². The van der Waals surface area contributed by atoms with Crippen LogP contribution in [0, 0.1) is 6.92 Å². The normalized spacial score (nSPS) is 13.2. The van der Waals surface area contributed by atoms with Gasteiger partial charge in [0.15, 0.2) is 0 Å². The number of nitrogens with two attached hydrogens (primary N) is 1. The summed E-state index contributed by atoms with van der Waals surface area (Å²) in [5.41, 5.74) is 7.74. The van der Waals surface area contributed by atoms with Crippen LogP contribution in [0.15, 0.2) is 42.5 Å². The summed E-state index contributed by atoms with van der Waals surface area (Å²) in [6, 6.07) is 10.3. The molecule has 0 spiro atoms. The second-order valence-corrected chi connectivity index (χ2v) is 5.42. The van der Waals surface area contributed by atoms with Crippen LogP contribution in [0.25, 0.3) is 0 Å². The third kappa shape index (κ3) is 3.99. The van der Waals surface area contributed by atoms with E-state index in [1.807, 2.05) is 13.0 Å². The van der Waals surface area contributed by atoms with Crippen LogP contribution in [0.3, 0.4) is 0 Å². The molecule has 21 heavy (non-hydrogen) atoms. The Morgan fingerprint density at radius 3 is 2.48 bits per heavy atom. The number of rotatable bonds is 3. The summed E-state index contributed by atoms with van der Waals surface area (Å²) < 4.78 is 38.0. The van der Waals surface area contributed by atoms with Gasteiger partial charge in [0.1, 0.15) is 0 Å². The van der Waals surface area contributed by atoms with Crippen molar-refractivity contribution in [1.82, 2.24) is 0 Å².